The molecule has 0 saturated heterocycles. The Hall–Kier alpha value is -4.86. The standard InChI is InChI=1S/C32H34N6O4/c1-5-7-12-27-26(30(39)38(29(35-27)20(3)4)31-33-18-23(19-34-31)41-6-2)17-21-13-15-22(16-14-21)24-10-8-9-11-25(24)28-36-32(40)42-37-28/h8-11,13-16,18-20H,5-7,12,17H2,1-4H3,(H,36,37,40). The van der Waals surface area contributed by atoms with Gasteiger partial charge in [0.2, 0.25) is 5.95 Å². The highest BCUT2D eigenvalue weighted by atomic mass is 16.5. The van der Waals surface area contributed by atoms with Crippen LogP contribution in [0.1, 0.15) is 69.1 Å². The molecule has 0 spiro atoms. The Morgan fingerprint density at radius 2 is 1.69 bits per heavy atom. The fourth-order valence-electron chi connectivity index (χ4n) is 4.89. The predicted molar refractivity (Wildman–Crippen MR) is 160 cm³/mol. The van der Waals surface area contributed by atoms with Crippen molar-refractivity contribution in [3.05, 3.63) is 104 Å². The average Bonchev–Trinajstić information content (AvgIpc) is 3.44. The van der Waals surface area contributed by atoms with Crippen molar-refractivity contribution in [3.8, 4) is 34.2 Å². The van der Waals surface area contributed by atoms with Gasteiger partial charge >= 0.3 is 5.76 Å². The van der Waals surface area contributed by atoms with E-state index in [1.165, 1.54) is 4.57 Å². The summed E-state index contributed by atoms with van der Waals surface area (Å²) in [5.41, 5.74) is 4.86. The van der Waals surface area contributed by atoms with Crippen molar-refractivity contribution in [2.45, 2.75) is 59.3 Å². The Morgan fingerprint density at radius 3 is 2.31 bits per heavy atom. The van der Waals surface area contributed by atoms with Crippen molar-refractivity contribution in [1.82, 2.24) is 29.7 Å². The smallest absolute Gasteiger partial charge is 0.439 e. The van der Waals surface area contributed by atoms with E-state index in [2.05, 4.69) is 27.0 Å². The number of aromatic nitrogens is 6. The summed E-state index contributed by atoms with van der Waals surface area (Å²) in [5, 5.41) is 3.85. The van der Waals surface area contributed by atoms with Crippen molar-refractivity contribution in [2.24, 2.45) is 0 Å². The largest absolute Gasteiger partial charge is 0.491 e. The molecule has 0 unspecified atom stereocenters. The molecule has 3 heterocycles. The van der Waals surface area contributed by atoms with E-state index >= 15 is 0 Å². The first-order chi connectivity index (χ1) is 20.4. The third kappa shape index (κ3) is 6.07. The third-order valence-corrected chi connectivity index (χ3v) is 6.97. The lowest BCUT2D eigenvalue weighted by atomic mass is 9.96. The molecule has 0 aliphatic heterocycles. The maximum absolute atomic E-state index is 14.2. The van der Waals surface area contributed by atoms with Crippen molar-refractivity contribution in [3.63, 3.8) is 0 Å². The minimum atomic E-state index is -0.604. The number of aromatic amines is 1. The van der Waals surface area contributed by atoms with E-state index in [9.17, 15) is 9.59 Å². The fraction of sp³-hybridized carbons (Fsp3) is 0.312. The molecule has 0 saturated carbocycles. The van der Waals surface area contributed by atoms with Crippen molar-refractivity contribution >= 4 is 0 Å². The van der Waals surface area contributed by atoms with Crippen LogP contribution in [-0.2, 0) is 12.8 Å². The lowest BCUT2D eigenvalue weighted by Gasteiger charge is -2.18. The van der Waals surface area contributed by atoms with Gasteiger partial charge in [-0.15, -0.1) is 0 Å². The number of ether oxygens (including phenoxy) is 1. The predicted octanol–water partition coefficient (Wildman–Crippen LogP) is 5.49. The molecule has 0 atom stereocenters. The number of H-pyrrole nitrogens is 1. The van der Waals surface area contributed by atoms with Crippen LogP contribution < -0.4 is 16.1 Å². The van der Waals surface area contributed by atoms with Gasteiger partial charge in [-0.2, -0.15) is 0 Å². The summed E-state index contributed by atoms with van der Waals surface area (Å²) in [6.07, 6.45) is 6.22. The Balaban J connectivity index is 1.54. The summed E-state index contributed by atoms with van der Waals surface area (Å²) in [5.74, 6) is 1.21. The fourth-order valence-corrected chi connectivity index (χ4v) is 4.89. The molecule has 216 valence electrons. The van der Waals surface area contributed by atoms with Crippen molar-refractivity contribution in [1.29, 1.82) is 0 Å². The van der Waals surface area contributed by atoms with Gasteiger partial charge < -0.3 is 4.74 Å². The number of unbranched alkanes of at least 4 members (excludes halogenated alkanes) is 1. The van der Waals surface area contributed by atoms with Gasteiger partial charge in [-0.05, 0) is 36.5 Å². The van der Waals surface area contributed by atoms with Gasteiger partial charge in [0.15, 0.2) is 11.6 Å². The molecule has 3 aromatic heterocycles. The van der Waals surface area contributed by atoms with Gasteiger partial charge in [0.1, 0.15) is 5.82 Å². The molecule has 0 aliphatic rings. The van der Waals surface area contributed by atoms with Gasteiger partial charge in [0.05, 0.1) is 24.7 Å². The van der Waals surface area contributed by atoms with Crippen LogP contribution >= 0.6 is 0 Å². The third-order valence-electron chi connectivity index (χ3n) is 6.97. The number of hydrogen-bond acceptors (Lipinski definition) is 8. The van der Waals surface area contributed by atoms with Gasteiger partial charge in [0, 0.05) is 23.5 Å². The molecule has 0 radical (unpaired) electrons. The second-order valence-electron chi connectivity index (χ2n) is 10.3. The maximum Gasteiger partial charge on any atom is 0.439 e. The Bertz CT molecular complexity index is 1770. The number of nitrogens with one attached hydrogen (secondary N) is 1. The molecule has 10 nitrogen and oxygen atoms in total. The molecule has 2 aromatic carbocycles. The summed E-state index contributed by atoms with van der Waals surface area (Å²) in [7, 11) is 0. The van der Waals surface area contributed by atoms with Gasteiger partial charge in [-0.3, -0.25) is 14.3 Å². The normalized spacial score (nSPS) is 11.3. The summed E-state index contributed by atoms with van der Waals surface area (Å²) < 4.78 is 11.7. The van der Waals surface area contributed by atoms with E-state index in [0.29, 0.717) is 42.4 Å². The number of rotatable bonds is 11. The second kappa shape index (κ2) is 12.8. The highest BCUT2D eigenvalue weighted by Gasteiger charge is 2.21. The van der Waals surface area contributed by atoms with Crippen LogP contribution in [0, 0.1) is 0 Å². The van der Waals surface area contributed by atoms with E-state index < -0.39 is 5.76 Å². The number of hydrogen-bond donors (Lipinski definition) is 1. The summed E-state index contributed by atoms with van der Waals surface area (Å²) in [6, 6.07) is 15.7. The van der Waals surface area contributed by atoms with Crippen LogP contribution in [0.3, 0.4) is 0 Å². The van der Waals surface area contributed by atoms with Crippen molar-refractivity contribution < 1.29 is 9.26 Å². The first-order valence-electron chi connectivity index (χ1n) is 14.2. The van der Waals surface area contributed by atoms with Crippen LogP contribution in [0.4, 0.5) is 0 Å². The quantitative estimate of drug-likeness (QED) is 0.222. The zero-order valence-corrected chi connectivity index (χ0v) is 24.3. The zero-order chi connectivity index (χ0) is 29.6. The van der Waals surface area contributed by atoms with Gasteiger partial charge in [-0.25, -0.2) is 24.3 Å². The van der Waals surface area contributed by atoms with Gasteiger partial charge in [0.25, 0.3) is 5.56 Å². The Kier molecular flexibility index (Phi) is 8.71. The zero-order valence-electron chi connectivity index (χ0n) is 24.3. The Morgan fingerprint density at radius 1 is 0.976 bits per heavy atom. The minimum Gasteiger partial charge on any atom is -0.491 e. The molecule has 0 bridgehead atoms. The molecule has 0 amide bonds. The maximum atomic E-state index is 14.2. The van der Waals surface area contributed by atoms with Gasteiger partial charge in [-0.1, -0.05) is 80.9 Å². The molecule has 0 aliphatic carbocycles. The Labute approximate surface area is 243 Å². The number of aryl methyl sites for hydroxylation is 1. The SMILES string of the molecule is CCCCc1nc(C(C)C)n(-c2ncc(OCC)cn2)c(=O)c1Cc1ccc(-c2ccccc2-c2noc(=O)[nH]2)cc1. The highest BCUT2D eigenvalue weighted by molar-refractivity contribution is 5.80. The average molecular weight is 567 g/mol. The van der Waals surface area contributed by atoms with E-state index in [-0.39, 0.29) is 17.4 Å². The topological polar surface area (TPSA) is 129 Å². The summed E-state index contributed by atoms with van der Waals surface area (Å²) in [4.78, 5) is 42.2. The van der Waals surface area contributed by atoms with E-state index in [4.69, 9.17) is 14.2 Å². The molecule has 0 fully saturated rings. The van der Waals surface area contributed by atoms with E-state index in [0.717, 1.165) is 40.8 Å². The lowest BCUT2D eigenvalue weighted by molar-refractivity contribution is 0.337. The molecule has 42 heavy (non-hydrogen) atoms. The molecule has 10 heteroatoms. The van der Waals surface area contributed by atoms with Crippen LogP contribution in [0.15, 0.2) is 75.0 Å². The minimum absolute atomic E-state index is 0.0127. The summed E-state index contributed by atoms with van der Waals surface area (Å²) >= 11 is 0. The van der Waals surface area contributed by atoms with Crippen LogP contribution in [-0.4, -0.2) is 36.3 Å². The summed E-state index contributed by atoms with van der Waals surface area (Å²) in [6.45, 7) is 8.55. The highest BCUT2D eigenvalue weighted by Crippen LogP contribution is 2.30. The first-order valence-corrected chi connectivity index (χ1v) is 14.2. The second-order valence-corrected chi connectivity index (χ2v) is 10.3. The van der Waals surface area contributed by atoms with Crippen LogP contribution in [0.25, 0.3) is 28.5 Å². The number of nitrogens with zero attached hydrogens (tertiary/aromatic N) is 5. The molecular formula is C32H34N6O4. The van der Waals surface area contributed by atoms with Crippen LogP contribution in [0.2, 0.25) is 0 Å². The van der Waals surface area contributed by atoms with E-state index in [1.54, 1.807) is 12.4 Å². The lowest BCUT2D eigenvalue weighted by Crippen LogP contribution is -2.31. The number of benzene rings is 2. The molecule has 5 rings (SSSR count). The first kappa shape index (κ1) is 28.7. The molecule has 1 N–H and O–H groups in total. The molecule has 5 aromatic rings. The molecular weight excluding hydrogens is 532 g/mol. The monoisotopic (exact) mass is 566 g/mol. The van der Waals surface area contributed by atoms with Crippen molar-refractivity contribution in [2.75, 3.05) is 6.61 Å². The van der Waals surface area contributed by atoms with Crippen LogP contribution in [0.5, 0.6) is 5.75 Å². The van der Waals surface area contributed by atoms with E-state index in [1.807, 2.05) is 69.3 Å².